The molecule has 4 nitrogen and oxygen atoms in total. The fourth-order valence-corrected chi connectivity index (χ4v) is 1.62. The van der Waals surface area contributed by atoms with Crippen molar-refractivity contribution in [3.05, 3.63) is 0 Å². The summed E-state index contributed by atoms with van der Waals surface area (Å²) in [6.07, 6.45) is 0. The molecule has 0 amide bonds. The van der Waals surface area contributed by atoms with Gasteiger partial charge < -0.3 is 10.0 Å². The fraction of sp³-hybridized carbons (Fsp3) is 0.889. The van der Waals surface area contributed by atoms with Gasteiger partial charge in [0, 0.05) is 26.2 Å². The molecule has 1 aliphatic rings. The lowest BCUT2D eigenvalue weighted by atomic mass is 10.2. The molecule has 76 valence electrons. The first-order valence-electron chi connectivity index (χ1n) is 4.84. The largest absolute Gasteiger partial charge is 0.480 e. The van der Waals surface area contributed by atoms with Gasteiger partial charge in [-0.25, -0.2) is 0 Å². The number of carbonyl (C=O) groups is 1. The predicted octanol–water partition coefficient (Wildman–Crippen LogP) is 0.0970. The van der Waals surface area contributed by atoms with E-state index in [4.69, 9.17) is 5.11 Å². The minimum atomic E-state index is -0.718. The first-order chi connectivity index (χ1) is 6.15. The molecule has 1 rings (SSSR count). The molecule has 1 fully saturated rings. The SMILES string of the molecule is CCN1CCN(C(C)C(=O)O)CC1. The van der Waals surface area contributed by atoms with Crippen LogP contribution in [0.25, 0.3) is 0 Å². The van der Waals surface area contributed by atoms with Gasteiger partial charge in [-0.2, -0.15) is 0 Å². The molecule has 0 aromatic heterocycles. The molecule has 1 heterocycles. The highest BCUT2D eigenvalue weighted by molar-refractivity contribution is 5.72. The summed E-state index contributed by atoms with van der Waals surface area (Å²) >= 11 is 0. The van der Waals surface area contributed by atoms with Crippen molar-refractivity contribution in [1.82, 2.24) is 9.80 Å². The average molecular weight is 186 g/mol. The Morgan fingerprint density at radius 2 is 1.92 bits per heavy atom. The molecule has 1 aliphatic heterocycles. The zero-order valence-electron chi connectivity index (χ0n) is 8.36. The van der Waals surface area contributed by atoms with Crippen LogP contribution in [0, 0.1) is 0 Å². The van der Waals surface area contributed by atoms with E-state index in [-0.39, 0.29) is 6.04 Å². The van der Waals surface area contributed by atoms with Crippen LogP contribution in [0.4, 0.5) is 0 Å². The lowest BCUT2D eigenvalue weighted by Crippen LogP contribution is -2.51. The fourth-order valence-electron chi connectivity index (χ4n) is 1.62. The Morgan fingerprint density at radius 1 is 1.38 bits per heavy atom. The summed E-state index contributed by atoms with van der Waals surface area (Å²) in [5.41, 5.74) is 0. The number of nitrogens with zero attached hydrogens (tertiary/aromatic N) is 2. The first-order valence-corrected chi connectivity index (χ1v) is 4.84. The van der Waals surface area contributed by atoms with Gasteiger partial charge in [-0.15, -0.1) is 0 Å². The zero-order chi connectivity index (χ0) is 9.84. The molecule has 0 bridgehead atoms. The van der Waals surface area contributed by atoms with E-state index in [1.807, 2.05) is 4.90 Å². The summed E-state index contributed by atoms with van der Waals surface area (Å²) in [6, 6.07) is -0.334. The number of carboxylic acid groups (broad SMARTS) is 1. The van der Waals surface area contributed by atoms with E-state index in [1.165, 1.54) is 0 Å². The smallest absolute Gasteiger partial charge is 0.320 e. The highest BCUT2D eigenvalue weighted by Gasteiger charge is 2.24. The van der Waals surface area contributed by atoms with Crippen LogP contribution in [-0.4, -0.2) is 59.6 Å². The van der Waals surface area contributed by atoms with Gasteiger partial charge in [-0.1, -0.05) is 6.92 Å². The second-order valence-electron chi connectivity index (χ2n) is 3.48. The number of aliphatic carboxylic acids is 1. The maximum absolute atomic E-state index is 10.7. The van der Waals surface area contributed by atoms with E-state index in [0.29, 0.717) is 0 Å². The summed E-state index contributed by atoms with van der Waals surface area (Å²) in [5.74, 6) is -0.718. The van der Waals surface area contributed by atoms with Crippen molar-refractivity contribution in [2.45, 2.75) is 19.9 Å². The van der Waals surface area contributed by atoms with Crippen LogP contribution in [0.15, 0.2) is 0 Å². The lowest BCUT2D eigenvalue weighted by molar-refractivity contribution is -0.143. The van der Waals surface area contributed by atoms with Crippen LogP contribution in [0.2, 0.25) is 0 Å². The lowest BCUT2D eigenvalue weighted by Gasteiger charge is -2.35. The highest BCUT2D eigenvalue weighted by Crippen LogP contribution is 2.05. The van der Waals surface area contributed by atoms with Crippen molar-refractivity contribution in [3.63, 3.8) is 0 Å². The number of piperazine rings is 1. The van der Waals surface area contributed by atoms with Crippen molar-refractivity contribution in [2.75, 3.05) is 32.7 Å². The van der Waals surface area contributed by atoms with Gasteiger partial charge >= 0.3 is 5.97 Å². The van der Waals surface area contributed by atoms with Gasteiger partial charge in [0.25, 0.3) is 0 Å². The zero-order valence-corrected chi connectivity index (χ0v) is 8.36. The number of likely N-dealkylation sites (N-methyl/N-ethyl adjacent to an activating group) is 1. The van der Waals surface area contributed by atoms with Crippen molar-refractivity contribution in [2.24, 2.45) is 0 Å². The molecule has 1 saturated heterocycles. The van der Waals surface area contributed by atoms with Crippen LogP contribution in [0.1, 0.15) is 13.8 Å². The average Bonchev–Trinajstić information content (AvgIpc) is 2.17. The molecule has 4 heteroatoms. The van der Waals surface area contributed by atoms with Gasteiger partial charge in [0.2, 0.25) is 0 Å². The predicted molar refractivity (Wildman–Crippen MR) is 50.8 cm³/mol. The third-order valence-corrected chi connectivity index (χ3v) is 2.76. The van der Waals surface area contributed by atoms with Crippen molar-refractivity contribution < 1.29 is 9.90 Å². The second-order valence-corrected chi connectivity index (χ2v) is 3.48. The molecule has 0 aliphatic carbocycles. The van der Waals surface area contributed by atoms with Crippen molar-refractivity contribution in [1.29, 1.82) is 0 Å². The second kappa shape index (κ2) is 4.58. The normalized spacial score (nSPS) is 22.9. The Kier molecular flexibility index (Phi) is 3.69. The molecule has 0 saturated carbocycles. The Morgan fingerprint density at radius 3 is 2.31 bits per heavy atom. The van der Waals surface area contributed by atoms with Gasteiger partial charge in [0.15, 0.2) is 0 Å². The number of rotatable bonds is 3. The van der Waals surface area contributed by atoms with Crippen LogP contribution < -0.4 is 0 Å². The van der Waals surface area contributed by atoms with Crippen LogP contribution in [-0.2, 0) is 4.79 Å². The van der Waals surface area contributed by atoms with Gasteiger partial charge in [0.05, 0.1) is 0 Å². The number of hydrogen-bond acceptors (Lipinski definition) is 3. The Hall–Kier alpha value is -0.610. The molecule has 1 unspecified atom stereocenters. The summed E-state index contributed by atoms with van der Waals surface area (Å²) < 4.78 is 0. The molecule has 13 heavy (non-hydrogen) atoms. The Bertz CT molecular complexity index is 176. The summed E-state index contributed by atoms with van der Waals surface area (Å²) in [7, 11) is 0. The van der Waals surface area contributed by atoms with Gasteiger partial charge in [0.1, 0.15) is 6.04 Å². The van der Waals surface area contributed by atoms with Gasteiger partial charge in [-0.05, 0) is 13.5 Å². The summed E-state index contributed by atoms with van der Waals surface area (Å²) in [6.45, 7) is 8.69. The molecule has 0 spiro atoms. The maximum atomic E-state index is 10.7. The Labute approximate surface area is 79.1 Å². The van der Waals surface area contributed by atoms with Crippen molar-refractivity contribution in [3.8, 4) is 0 Å². The molecular formula is C9H18N2O2. The van der Waals surface area contributed by atoms with Crippen molar-refractivity contribution >= 4 is 5.97 Å². The molecule has 0 aromatic rings. The quantitative estimate of drug-likeness (QED) is 0.679. The van der Waals surface area contributed by atoms with E-state index in [9.17, 15) is 4.79 Å². The molecule has 1 atom stereocenters. The van der Waals surface area contributed by atoms with E-state index in [2.05, 4.69) is 11.8 Å². The third-order valence-electron chi connectivity index (χ3n) is 2.76. The van der Waals surface area contributed by atoms with Crippen LogP contribution >= 0.6 is 0 Å². The van der Waals surface area contributed by atoms with Crippen LogP contribution in [0.5, 0.6) is 0 Å². The van der Waals surface area contributed by atoms with E-state index < -0.39 is 5.97 Å². The standard InChI is InChI=1S/C9H18N2O2/c1-3-10-4-6-11(7-5-10)8(2)9(12)13/h8H,3-7H2,1-2H3,(H,12,13). The summed E-state index contributed by atoms with van der Waals surface area (Å²) in [5, 5.41) is 8.80. The van der Waals surface area contributed by atoms with Gasteiger partial charge in [-0.3, -0.25) is 9.69 Å². The molecule has 0 aromatic carbocycles. The monoisotopic (exact) mass is 186 g/mol. The maximum Gasteiger partial charge on any atom is 0.320 e. The number of hydrogen-bond donors (Lipinski definition) is 1. The minimum Gasteiger partial charge on any atom is -0.480 e. The third kappa shape index (κ3) is 2.67. The topological polar surface area (TPSA) is 43.8 Å². The van der Waals surface area contributed by atoms with Crippen LogP contribution in [0.3, 0.4) is 0 Å². The van der Waals surface area contributed by atoms with E-state index in [0.717, 1.165) is 32.7 Å². The summed E-state index contributed by atoms with van der Waals surface area (Å²) in [4.78, 5) is 15.1. The molecule has 1 N–H and O–H groups in total. The molecular weight excluding hydrogens is 168 g/mol. The first kappa shape index (κ1) is 10.5. The minimum absolute atomic E-state index is 0.334. The Balaban J connectivity index is 2.36. The van der Waals surface area contributed by atoms with E-state index in [1.54, 1.807) is 6.92 Å². The van der Waals surface area contributed by atoms with E-state index >= 15 is 0 Å². The molecule has 0 radical (unpaired) electrons. The highest BCUT2D eigenvalue weighted by atomic mass is 16.4. The number of carboxylic acids is 1.